The van der Waals surface area contributed by atoms with Crippen molar-refractivity contribution in [3.8, 4) is 11.3 Å². The fourth-order valence-electron chi connectivity index (χ4n) is 4.98. The van der Waals surface area contributed by atoms with Gasteiger partial charge in [0.15, 0.2) is 17.3 Å². The SMILES string of the molecule is Cc1cc(-c2ccc(N3C(=O)C(O)=C(C(=O)c4cccnc4)C3C3CCCCC3)cc2)on1. The van der Waals surface area contributed by atoms with E-state index in [0.717, 1.165) is 43.4 Å². The zero-order valence-corrected chi connectivity index (χ0v) is 18.4. The fourth-order valence-corrected chi connectivity index (χ4v) is 4.98. The largest absolute Gasteiger partial charge is 0.503 e. The summed E-state index contributed by atoms with van der Waals surface area (Å²) in [7, 11) is 0. The van der Waals surface area contributed by atoms with Crippen LogP contribution in [0.1, 0.15) is 48.2 Å². The zero-order chi connectivity index (χ0) is 22.9. The smallest absolute Gasteiger partial charge is 0.294 e. The molecular formula is C26H25N3O4. The lowest BCUT2D eigenvalue weighted by Crippen LogP contribution is -2.42. The quantitative estimate of drug-likeness (QED) is 0.555. The number of aryl methyl sites for hydroxylation is 1. The summed E-state index contributed by atoms with van der Waals surface area (Å²) in [5.41, 5.74) is 2.80. The number of carbonyl (C=O) groups is 2. The number of amides is 1. The average molecular weight is 444 g/mol. The predicted molar refractivity (Wildman–Crippen MR) is 123 cm³/mol. The van der Waals surface area contributed by atoms with Gasteiger partial charge in [0.25, 0.3) is 5.91 Å². The van der Waals surface area contributed by atoms with Gasteiger partial charge in [0.2, 0.25) is 0 Å². The lowest BCUT2D eigenvalue weighted by molar-refractivity contribution is -0.117. The summed E-state index contributed by atoms with van der Waals surface area (Å²) in [4.78, 5) is 32.3. The van der Waals surface area contributed by atoms with Crippen LogP contribution >= 0.6 is 0 Å². The van der Waals surface area contributed by atoms with Crippen LogP contribution in [-0.4, -0.2) is 33.0 Å². The van der Waals surface area contributed by atoms with Gasteiger partial charge in [-0.3, -0.25) is 19.5 Å². The van der Waals surface area contributed by atoms with Gasteiger partial charge >= 0.3 is 0 Å². The average Bonchev–Trinajstić information content (AvgIpc) is 3.41. The van der Waals surface area contributed by atoms with Crippen LogP contribution in [-0.2, 0) is 4.79 Å². The van der Waals surface area contributed by atoms with Crippen LogP contribution in [0.2, 0.25) is 0 Å². The minimum absolute atomic E-state index is 0.0968. The number of nitrogens with zero attached hydrogens (tertiary/aromatic N) is 3. The molecule has 1 atom stereocenters. The summed E-state index contributed by atoms with van der Waals surface area (Å²) >= 11 is 0. The van der Waals surface area contributed by atoms with Crippen molar-refractivity contribution < 1.29 is 19.2 Å². The van der Waals surface area contributed by atoms with E-state index in [1.54, 1.807) is 23.2 Å². The molecule has 0 saturated heterocycles. The van der Waals surface area contributed by atoms with Gasteiger partial charge in [-0.2, -0.15) is 0 Å². The normalized spacial score (nSPS) is 19.4. The minimum Gasteiger partial charge on any atom is -0.503 e. The molecule has 168 valence electrons. The molecule has 1 saturated carbocycles. The number of benzene rings is 1. The summed E-state index contributed by atoms with van der Waals surface area (Å²) in [6, 6.07) is 12.0. The van der Waals surface area contributed by atoms with E-state index in [9.17, 15) is 14.7 Å². The number of Topliss-reactive ketones (excluding diaryl/α,β-unsaturated/α-hetero) is 1. The third kappa shape index (κ3) is 3.84. The zero-order valence-electron chi connectivity index (χ0n) is 18.4. The van der Waals surface area contributed by atoms with Crippen molar-refractivity contribution in [2.75, 3.05) is 4.90 Å². The van der Waals surface area contributed by atoms with Crippen molar-refractivity contribution in [1.82, 2.24) is 10.1 Å². The van der Waals surface area contributed by atoms with Gasteiger partial charge in [-0.25, -0.2) is 0 Å². The van der Waals surface area contributed by atoms with Gasteiger partial charge in [-0.1, -0.05) is 24.4 Å². The first-order valence-electron chi connectivity index (χ1n) is 11.3. The Balaban J connectivity index is 1.53. The lowest BCUT2D eigenvalue weighted by Gasteiger charge is -2.35. The molecule has 1 N–H and O–H groups in total. The van der Waals surface area contributed by atoms with Crippen molar-refractivity contribution >= 4 is 17.4 Å². The number of pyridine rings is 1. The van der Waals surface area contributed by atoms with Gasteiger partial charge in [-0.15, -0.1) is 0 Å². The standard InChI is InChI=1S/C26H25N3O4/c1-16-14-21(33-28-16)17-9-11-20(12-10-17)29-23(18-6-3-2-4-7-18)22(25(31)26(29)32)24(30)19-8-5-13-27-15-19/h5,8-15,18,23,31H,2-4,6-7H2,1H3. The van der Waals surface area contributed by atoms with E-state index >= 15 is 0 Å². The van der Waals surface area contributed by atoms with E-state index in [-0.39, 0.29) is 17.3 Å². The van der Waals surface area contributed by atoms with E-state index in [0.29, 0.717) is 17.0 Å². The molecule has 1 aromatic carbocycles. The van der Waals surface area contributed by atoms with Crippen LogP contribution in [0.15, 0.2) is 70.7 Å². The van der Waals surface area contributed by atoms with Crippen molar-refractivity contribution in [1.29, 1.82) is 0 Å². The van der Waals surface area contributed by atoms with E-state index in [2.05, 4.69) is 10.1 Å². The van der Waals surface area contributed by atoms with Gasteiger partial charge in [0.1, 0.15) is 0 Å². The van der Waals surface area contributed by atoms with Gasteiger partial charge in [-0.05, 0) is 62.1 Å². The first-order chi connectivity index (χ1) is 16.0. The van der Waals surface area contributed by atoms with Crippen LogP contribution in [0.4, 0.5) is 5.69 Å². The maximum absolute atomic E-state index is 13.4. The van der Waals surface area contributed by atoms with Gasteiger partial charge in [0.05, 0.1) is 17.3 Å². The Labute approximate surface area is 191 Å². The second-order valence-electron chi connectivity index (χ2n) is 8.73. The Morgan fingerprint density at radius 1 is 1.12 bits per heavy atom. The molecule has 2 aliphatic rings. The summed E-state index contributed by atoms with van der Waals surface area (Å²) in [6.45, 7) is 1.86. The molecule has 3 aromatic rings. The number of hydrogen-bond acceptors (Lipinski definition) is 6. The Morgan fingerprint density at radius 3 is 2.52 bits per heavy atom. The van der Waals surface area contributed by atoms with E-state index < -0.39 is 17.7 Å². The third-order valence-corrected chi connectivity index (χ3v) is 6.57. The van der Waals surface area contributed by atoms with Gasteiger partial charge < -0.3 is 9.63 Å². The van der Waals surface area contributed by atoms with Crippen molar-refractivity contribution in [2.24, 2.45) is 5.92 Å². The van der Waals surface area contributed by atoms with Crippen LogP contribution in [0.25, 0.3) is 11.3 Å². The highest BCUT2D eigenvalue weighted by atomic mass is 16.5. The molecule has 7 nitrogen and oxygen atoms in total. The Morgan fingerprint density at radius 2 is 1.88 bits per heavy atom. The summed E-state index contributed by atoms with van der Waals surface area (Å²) < 4.78 is 5.34. The molecule has 0 radical (unpaired) electrons. The molecule has 1 amide bonds. The second kappa shape index (κ2) is 8.65. The molecule has 0 bridgehead atoms. The molecule has 3 heterocycles. The lowest BCUT2D eigenvalue weighted by atomic mass is 9.79. The number of aliphatic hydroxyl groups is 1. The number of ketones is 1. The molecule has 1 aliphatic carbocycles. The molecule has 0 spiro atoms. The van der Waals surface area contributed by atoms with E-state index in [1.165, 1.54) is 6.20 Å². The highest BCUT2D eigenvalue weighted by Gasteiger charge is 2.47. The van der Waals surface area contributed by atoms with Crippen LogP contribution in [0.3, 0.4) is 0 Å². The maximum Gasteiger partial charge on any atom is 0.294 e. The third-order valence-electron chi connectivity index (χ3n) is 6.57. The summed E-state index contributed by atoms with van der Waals surface area (Å²) in [5, 5.41) is 14.8. The number of carbonyl (C=O) groups excluding carboxylic acids is 2. The highest BCUT2D eigenvalue weighted by Crippen LogP contribution is 2.41. The number of aliphatic hydroxyl groups excluding tert-OH is 1. The molecule has 1 unspecified atom stereocenters. The van der Waals surface area contributed by atoms with Crippen molar-refractivity contribution in [3.63, 3.8) is 0 Å². The topological polar surface area (TPSA) is 96.5 Å². The Bertz CT molecular complexity index is 1210. The number of aromatic nitrogens is 2. The molecule has 1 fully saturated rings. The summed E-state index contributed by atoms with van der Waals surface area (Å²) in [5.74, 6) is -0.611. The number of anilines is 1. The van der Waals surface area contributed by atoms with Crippen molar-refractivity contribution in [2.45, 2.75) is 45.1 Å². The van der Waals surface area contributed by atoms with E-state index in [1.807, 2.05) is 37.3 Å². The van der Waals surface area contributed by atoms with E-state index in [4.69, 9.17) is 4.52 Å². The molecule has 7 heteroatoms. The molecule has 1 aliphatic heterocycles. The monoisotopic (exact) mass is 443 g/mol. The first kappa shape index (κ1) is 21.1. The summed E-state index contributed by atoms with van der Waals surface area (Å²) in [6.07, 6.45) is 8.10. The number of rotatable bonds is 5. The molecule has 5 rings (SSSR count). The number of hydrogen-bond donors (Lipinski definition) is 1. The molecule has 33 heavy (non-hydrogen) atoms. The predicted octanol–water partition coefficient (Wildman–Crippen LogP) is 5.04. The Hall–Kier alpha value is -3.74. The Kier molecular flexibility index (Phi) is 5.54. The second-order valence-corrected chi connectivity index (χ2v) is 8.73. The fraction of sp³-hybridized carbons (Fsp3) is 0.308. The first-order valence-corrected chi connectivity index (χ1v) is 11.3. The van der Waals surface area contributed by atoms with Crippen LogP contribution in [0.5, 0.6) is 0 Å². The van der Waals surface area contributed by atoms with Crippen molar-refractivity contribution in [3.05, 3.63) is 77.4 Å². The highest BCUT2D eigenvalue weighted by molar-refractivity contribution is 6.20. The molecular weight excluding hydrogens is 418 g/mol. The van der Waals surface area contributed by atoms with Crippen LogP contribution in [0, 0.1) is 12.8 Å². The van der Waals surface area contributed by atoms with Crippen LogP contribution < -0.4 is 4.90 Å². The maximum atomic E-state index is 13.4. The van der Waals surface area contributed by atoms with Gasteiger partial charge in [0, 0.05) is 35.3 Å². The minimum atomic E-state index is -0.541. The molecule has 2 aromatic heterocycles.